The fourth-order valence-corrected chi connectivity index (χ4v) is 3.10. The van der Waals surface area contributed by atoms with Gasteiger partial charge in [0, 0.05) is 50.1 Å². The van der Waals surface area contributed by atoms with Gasteiger partial charge in [-0.1, -0.05) is 0 Å². The Morgan fingerprint density at radius 2 is 1.81 bits per heavy atom. The minimum Gasteiger partial charge on any atom is -0.306 e. The first-order chi connectivity index (χ1) is 13.0. The van der Waals surface area contributed by atoms with Crippen molar-refractivity contribution in [3.63, 3.8) is 0 Å². The molecule has 0 fully saturated rings. The first-order valence-corrected chi connectivity index (χ1v) is 8.24. The summed E-state index contributed by atoms with van der Waals surface area (Å²) in [6.45, 7) is 0.810. The van der Waals surface area contributed by atoms with Crippen molar-refractivity contribution >= 4 is 0 Å². The number of halogens is 3. The zero-order chi connectivity index (χ0) is 19.0. The Morgan fingerprint density at radius 1 is 1.07 bits per heavy atom. The van der Waals surface area contributed by atoms with E-state index in [0.29, 0.717) is 41.7 Å². The third kappa shape index (κ3) is 3.45. The molecule has 1 aliphatic rings. The topological polar surface area (TPSA) is 74.8 Å². The van der Waals surface area contributed by atoms with Crippen LogP contribution in [0.15, 0.2) is 35.6 Å². The minimum absolute atomic E-state index is 0.0415. The highest BCUT2D eigenvalue weighted by atomic mass is 19.2. The van der Waals surface area contributed by atoms with Gasteiger partial charge in [0.05, 0.1) is 16.8 Å². The third-order valence-electron chi connectivity index (χ3n) is 4.46. The molecule has 1 aromatic carbocycles. The molecule has 0 atom stereocenters. The fourth-order valence-electron chi connectivity index (χ4n) is 3.10. The SMILES string of the molecule is O=c1[nH]c(-c2cncnc2)nc2c1CN(Cc1cc(F)c(F)cc1F)CC2. The number of hydrogen-bond acceptors (Lipinski definition) is 5. The van der Waals surface area contributed by atoms with Crippen molar-refractivity contribution in [2.24, 2.45) is 0 Å². The number of hydrogen-bond donors (Lipinski definition) is 1. The van der Waals surface area contributed by atoms with Gasteiger partial charge in [-0.2, -0.15) is 0 Å². The summed E-state index contributed by atoms with van der Waals surface area (Å²) in [7, 11) is 0. The van der Waals surface area contributed by atoms with Gasteiger partial charge >= 0.3 is 0 Å². The first kappa shape index (κ1) is 17.3. The van der Waals surface area contributed by atoms with E-state index in [1.54, 1.807) is 17.3 Å². The molecule has 6 nitrogen and oxygen atoms in total. The Morgan fingerprint density at radius 3 is 2.59 bits per heavy atom. The normalized spacial score (nSPS) is 14.2. The van der Waals surface area contributed by atoms with Crippen molar-refractivity contribution in [1.29, 1.82) is 0 Å². The Kier molecular flexibility index (Phi) is 4.44. The van der Waals surface area contributed by atoms with E-state index in [2.05, 4.69) is 19.9 Å². The van der Waals surface area contributed by atoms with Gasteiger partial charge in [-0.15, -0.1) is 0 Å². The number of nitrogens with zero attached hydrogens (tertiary/aromatic N) is 4. The van der Waals surface area contributed by atoms with Crippen LogP contribution in [0.1, 0.15) is 16.8 Å². The van der Waals surface area contributed by atoms with Gasteiger partial charge in [0.1, 0.15) is 18.0 Å². The Balaban J connectivity index is 1.59. The summed E-state index contributed by atoms with van der Waals surface area (Å²) in [5.41, 5.74) is 1.47. The van der Waals surface area contributed by atoms with Crippen LogP contribution in [0.3, 0.4) is 0 Å². The van der Waals surface area contributed by atoms with Gasteiger partial charge in [0.2, 0.25) is 0 Å². The lowest BCUT2D eigenvalue weighted by Crippen LogP contribution is -2.35. The van der Waals surface area contributed by atoms with Crippen molar-refractivity contribution < 1.29 is 13.2 Å². The largest absolute Gasteiger partial charge is 0.306 e. The molecule has 0 saturated carbocycles. The standard InChI is InChI=1S/C18H14F3N5O/c19-13-4-15(21)14(20)3-10(13)7-26-2-1-16-12(8-26)18(27)25-17(24-16)11-5-22-9-23-6-11/h3-6,9H,1-2,7-8H2,(H,24,25,27). The average molecular weight is 373 g/mol. The molecule has 2 aromatic heterocycles. The summed E-state index contributed by atoms with van der Waals surface area (Å²) in [5, 5.41) is 0. The van der Waals surface area contributed by atoms with Crippen molar-refractivity contribution in [3.05, 3.63) is 75.5 Å². The van der Waals surface area contributed by atoms with Gasteiger partial charge < -0.3 is 4.98 Å². The summed E-state index contributed by atoms with van der Waals surface area (Å²) < 4.78 is 40.3. The third-order valence-corrected chi connectivity index (χ3v) is 4.46. The molecule has 0 saturated heterocycles. The molecule has 4 rings (SSSR count). The lowest BCUT2D eigenvalue weighted by molar-refractivity contribution is 0.238. The highest BCUT2D eigenvalue weighted by molar-refractivity contribution is 5.52. The van der Waals surface area contributed by atoms with E-state index in [1.807, 2.05) is 0 Å². The maximum Gasteiger partial charge on any atom is 0.255 e. The lowest BCUT2D eigenvalue weighted by Gasteiger charge is -2.27. The van der Waals surface area contributed by atoms with Gasteiger partial charge in [-0.3, -0.25) is 9.69 Å². The maximum atomic E-state index is 13.9. The Hall–Kier alpha value is -3.07. The van der Waals surface area contributed by atoms with Crippen LogP contribution >= 0.6 is 0 Å². The maximum absolute atomic E-state index is 13.9. The summed E-state index contributed by atoms with van der Waals surface area (Å²) in [4.78, 5) is 29.3. The summed E-state index contributed by atoms with van der Waals surface area (Å²) in [6.07, 6.45) is 4.97. The van der Waals surface area contributed by atoms with E-state index < -0.39 is 17.5 Å². The summed E-state index contributed by atoms with van der Waals surface area (Å²) >= 11 is 0. The van der Waals surface area contributed by atoms with E-state index in [4.69, 9.17) is 0 Å². The van der Waals surface area contributed by atoms with Crippen LogP contribution in [0.5, 0.6) is 0 Å². The molecule has 0 amide bonds. The van der Waals surface area contributed by atoms with Crippen molar-refractivity contribution in [2.75, 3.05) is 6.54 Å². The van der Waals surface area contributed by atoms with Crippen LogP contribution in [-0.4, -0.2) is 31.4 Å². The smallest absolute Gasteiger partial charge is 0.255 e. The van der Waals surface area contributed by atoms with Gasteiger partial charge in [0.15, 0.2) is 11.6 Å². The zero-order valence-corrected chi connectivity index (χ0v) is 14.0. The molecular weight excluding hydrogens is 359 g/mol. The van der Waals surface area contributed by atoms with Gasteiger partial charge in [-0.05, 0) is 6.07 Å². The molecule has 1 N–H and O–H groups in total. The van der Waals surface area contributed by atoms with Crippen LogP contribution in [-0.2, 0) is 19.5 Å². The predicted octanol–water partition coefficient (Wildman–Crippen LogP) is 2.20. The second-order valence-corrected chi connectivity index (χ2v) is 6.29. The van der Waals surface area contributed by atoms with E-state index in [0.717, 1.165) is 6.07 Å². The van der Waals surface area contributed by atoms with Crippen LogP contribution in [0, 0.1) is 17.5 Å². The monoisotopic (exact) mass is 373 g/mol. The molecule has 138 valence electrons. The molecule has 9 heteroatoms. The molecule has 0 spiro atoms. The minimum atomic E-state index is -1.22. The summed E-state index contributed by atoms with van der Waals surface area (Å²) in [5.74, 6) is -2.75. The number of nitrogens with one attached hydrogen (secondary N) is 1. The van der Waals surface area contributed by atoms with Crippen LogP contribution in [0.25, 0.3) is 11.4 Å². The van der Waals surface area contributed by atoms with Crippen molar-refractivity contribution in [2.45, 2.75) is 19.5 Å². The second kappa shape index (κ2) is 6.92. The number of aromatic nitrogens is 4. The molecular formula is C18H14F3N5O. The molecule has 0 aliphatic carbocycles. The van der Waals surface area contributed by atoms with Crippen LogP contribution in [0.4, 0.5) is 13.2 Å². The number of aromatic amines is 1. The molecule has 3 aromatic rings. The molecule has 27 heavy (non-hydrogen) atoms. The van der Waals surface area contributed by atoms with Gasteiger partial charge in [0.25, 0.3) is 5.56 Å². The predicted molar refractivity (Wildman–Crippen MR) is 90.0 cm³/mol. The average Bonchev–Trinajstić information content (AvgIpc) is 2.67. The Bertz CT molecular complexity index is 1050. The van der Waals surface area contributed by atoms with E-state index in [1.165, 1.54) is 6.33 Å². The molecule has 3 heterocycles. The second-order valence-electron chi connectivity index (χ2n) is 6.29. The number of rotatable bonds is 3. The molecule has 0 unspecified atom stereocenters. The fraction of sp³-hybridized carbons (Fsp3) is 0.222. The van der Waals surface area contributed by atoms with Crippen LogP contribution < -0.4 is 5.56 Å². The van der Waals surface area contributed by atoms with Gasteiger partial charge in [-0.25, -0.2) is 28.1 Å². The quantitative estimate of drug-likeness (QED) is 0.713. The van der Waals surface area contributed by atoms with E-state index in [-0.39, 0.29) is 24.2 Å². The molecule has 0 radical (unpaired) electrons. The van der Waals surface area contributed by atoms with Crippen molar-refractivity contribution in [1.82, 2.24) is 24.8 Å². The zero-order valence-electron chi connectivity index (χ0n) is 14.0. The lowest BCUT2D eigenvalue weighted by atomic mass is 10.1. The van der Waals surface area contributed by atoms with Crippen LogP contribution in [0.2, 0.25) is 0 Å². The highest BCUT2D eigenvalue weighted by Gasteiger charge is 2.23. The number of H-pyrrole nitrogens is 1. The van der Waals surface area contributed by atoms with E-state index in [9.17, 15) is 18.0 Å². The first-order valence-electron chi connectivity index (χ1n) is 8.24. The van der Waals surface area contributed by atoms with E-state index >= 15 is 0 Å². The number of fused-ring (bicyclic) bond motifs is 1. The number of benzene rings is 1. The molecule has 0 bridgehead atoms. The highest BCUT2D eigenvalue weighted by Crippen LogP contribution is 2.21. The molecule has 1 aliphatic heterocycles. The van der Waals surface area contributed by atoms with Crippen molar-refractivity contribution in [3.8, 4) is 11.4 Å². The Labute approximate surface area is 151 Å². The summed E-state index contributed by atoms with van der Waals surface area (Å²) in [6, 6.07) is 1.38.